The van der Waals surface area contributed by atoms with Crippen LogP contribution in [0.25, 0.3) is 0 Å². The molecule has 0 bridgehead atoms. The lowest BCUT2D eigenvalue weighted by Crippen LogP contribution is -2.45. The van der Waals surface area contributed by atoms with Gasteiger partial charge in [-0.3, -0.25) is 4.90 Å². The van der Waals surface area contributed by atoms with Gasteiger partial charge in [-0.25, -0.2) is 0 Å². The van der Waals surface area contributed by atoms with Crippen LogP contribution >= 0.6 is 0 Å². The second-order valence-corrected chi connectivity index (χ2v) is 3.67. The van der Waals surface area contributed by atoms with E-state index in [1.165, 1.54) is 0 Å². The van der Waals surface area contributed by atoms with E-state index in [1.807, 2.05) is 0 Å². The molecule has 1 rings (SSSR count). The predicted molar refractivity (Wildman–Crippen MR) is 55.0 cm³/mol. The molecule has 0 aromatic heterocycles. The summed E-state index contributed by atoms with van der Waals surface area (Å²) in [5, 5.41) is 8.30. The fourth-order valence-electron chi connectivity index (χ4n) is 1.49. The third-order valence-corrected chi connectivity index (χ3v) is 2.51. The van der Waals surface area contributed by atoms with Gasteiger partial charge in [0.05, 0.1) is 25.7 Å². The quantitative estimate of drug-likeness (QED) is 0.589. The normalized spacial score (nSPS) is 19.4. The summed E-state index contributed by atoms with van der Waals surface area (Å²) in [6.07, 6.45) is 0.503. The van der Waals surface area contributed by atoms with Crippen LogP contribution in [0.4, 0.5) is 0 Å². The molecule has 14 heavy (non-hydrogen) atoms. The number of likely N-dealkylation sites (N-methyl/N-ethyl adjacent to an activating group) is 1. The minimum atomic E-state index is 0.503. The van der Waals surface area contributed by atoms with Crippen LogP contribution in [-0.2, 0) is 4.74 Å². The second-order valence-electron chi connectivity index (χ2n) is 3.67. The second kappa shape index (κ2) is 6.77. The molecule has 1 aliphatic rings. The van der Waals surface area contributed by atoms with E-state index in [9.17, 15) is 0 Å². The van der Waals surface area contributed by atoms with Gasteiger partial charge in [-0.2, -0.15) is 5.26 Å². The Hall–Kier alpha value is -0.630. The minimum absolute atomic E-state index is 0.503. The molecule has 1 saturated heterocycles. The molecule has 1 heterocycles. The van der Waals surface area contributed by atoms with Crippen molar-refractivity contribution in [2.24, 2.45) is 0 Å². The van der Waals surface area contributed by atoms with Gasteiger partial charge in [-0.05, 0) is 7.05 Å². The van der Waals surface area contributed by atoms with Crippen molar-refractivity contribution in [2.45, 2.75) is 6.42 Å². The molecule has 0 spiro atoms. The predicted octanol–water partition coefficient (Wildman–Crippen LogP) is 0.164. The molecule has 1 fully saturated rings. The lowest BCUT2D eigenvalue weighted by molar-refractivity contribution is 0.0845. The number of rotatable bonds is 5. The lowest BCUT2D eigenvalue weighted by atomic mass is 10.3. The first-order valence-electron chi connectivity index (χ1n) is 5.18. The van der Waals surface area contributed by atoms with E-state index < -0.39 is 0 Å². The SMILES string of the molecule is CN1CCN(CCOCCC#N)CC1. The Kier molecular flexibility index (Phi) is 5.53. The number of hydrogen-bond donors (Lipinski definition) is 0. The molecule has 0 N–H and O–H groups in total. The van der Waals surface area contributed by atoms with E-state index in [4.69, 9.17) is 10.00 Å². The van der Waals surface area contributed by atoms with E-state index >= 15 is 0 Å². The van der Waals surface area contributed by atoms with Crippen LogP contribution in [0, 0.1) is 11.3 Å². The average molecular weight is 197 g/mol. The summed E-state index contributed by atoms with van der Waals surface area (Å²) in [6.45, 7) is 6.90. The van der Waals surface area contributed by atoms with Crippen molar-refractivity contribution in [3.8, 4) is 6.07 Å². The summed E-state index contributed by atoms with van der Waals surface area (Å²) in [5.74, 6) is 0. The van der Waals surface area contributed by atoms with Crippen LogP contribution < -0.4 is 0 Å². The molecule has 0 aromatic carbocycles. The maximum Gasteiger partial charge on any atom is 0.0645 e. The van der Waals surface area contributed by atoms with Gasteiger partial charge in [-0.1, -0.05) is 0 Å². The van der Waals surface area contributed by atoms with Gasteiger partial charge < -0.3 is 9.64 Å². The number of nitrogens with zero attached hydrogens (tertiary/aromatic N) is 3. The van der Waals surface area contributed by atoms with Crippen LogP contribution in [-0.4, -0.2) is 62.8 Å². The number of ether oxygens (including phenoxy) is 1. The Labute approximate surface area is 86.0 Å². The van der Waals surface area contributed by atoms with Crippen LogP contribution in [0.5, 0.6) is 0 Å². The van der Waals surface area contributed by atoms with Gasteiger partial charge in [0.2, 0.25) is 0 Å². The van der Waals surface area contributed by atoms with Gasteiger partial charge in [0.25, 0.3) is 0 Å². The zero-order valence-corrected chi connectivity index (χ0v) is 8.91. The number of piperazine rings is 1. The van der Waals surface area contributed by atoms with Crippen LogP contribution in [0.2, 0.25) is 0 Å². The van der Waals surface area contributed by atoms with Crippen molar-refractivity contribution in [3.05, 3.63) is 0 Å². The topological polar surface area (TPSA) is 39.5 Å². The van der Waals surface area contributed by atoms with Crippen molar-refractivity contribution >= 4 is 0 Å². The fourth-order valence-corrected chi connectivity index (χ4v) is 1.49. The van der Waals surface area contributed by atoms with E-state index in [-0.39, 0.29) is 0 Å². The number of hydrogen-bond acceptors (Lipinski definition) is 4. The average Bonchev–Trinajstić information content (AvgIpc) is 2.21. The van der Waals surface area contributed by atoms with Crippen molar-refractivity contribution in [1.82, 2.24) is 9.80 Å². The van der Waals surface area contributed by atoms with E-state index in [1.54, 1.807) is 0 Å². The molecular formula is C10H19N3O. The maximum atomic E-state index is 8.30. The molecule has 0 aromatic rings. The highest BCUT2D eigenvalue weighted by Crippen LogP contribution is 1.98. The van der Waals surface area contributed by atoms with Crippen molar-refractivity contribution < 1.29 is 4.74 Å². The molecule has 0 saturated carbocycles. The van der Waals surface area contributed by atoms with Crippen LogP contribution in [0.15, 0.2) is 0 Å². The monoisotopic (exact) mass is 197 g/mol. The largest absolute Gasteiger partial charge is 0.379 e. The summed E-state index contributed by atoms with van der Waals surface area (Å²) in [5.41, 5.74) is 0. The molecule has 80 valence electrons. The summed E-state index contributed by atoms with van der Waals surface area (Å²) in [6, 6.07) is 2.07. The lowest BCUT2D eigenvalue weighted by Gasteiger charge is -2.32. The first-order chi connectivity index (χ1) is 6.83. The Morgan fingerprint density at radius 3 is 2.57 bits per heavy atom. The summed E-state index contributed by atoms with van der Waals surface area (Å²) in [7, 11) is 2.15. The smallest absolute Gasteiger partial charge is 0.0645 e. The van der Waals surface area contributed by atoms with Crippen LogP contribution in [0.1, 0.15) is 6.42 Å². The van der Waals surface area contributed by atoms with Gasteiger partial charge in [-0.15, -0.1) is 0 Å². The van der Waals surface area contributed by atoms with Crippen molar-refractivity contribution in [3.63, 3.8) is 0 Å². The van der Waals surface area contributed by atoms with Gasteiger partial charge in [0.15, 0.2) is 0 Å². The third kappa shape index (κ3) is 4.56. The molecule has 0 aliphatic carbocycles. The molecule has 0 unspecified atom stereocenters. The fraction of sp³-hybridized carbons (Fsp3) is 0.900. The Morgan fingerprint density at radius 2 is 1.93 bits per heavy atom. The molecule has 4 heteroatoms. The van der Waals surface area contributed by atoms with E-state index in [2.05, 4.69) is 22.9 Å². The van der Waals surface area contributed by atoms with Gasteiger partial charge in [0.1, 0.15) is 0 Å². The maximum absolute atomic E-state index is 8.30. The zero-order valence-electron chi connectivity index (χ0n) is 8.91. The Morgan fingerprint density at radius 1 is 1.21 bits per heavy atom. The molecule has 4 nitrogen and oxygen atoms in total. The summed E-state index contributed by atoms with van der Waals surface area (Å²) < 4.78 is 5.33. The van der Waals surface area contributed by atoms with E-state index in [0.29, 0.717) is 13.0 Å². The molecular weight excluding hydrogens is 178 g/mol. The summed E-state index contributed by atoms with van der Waals surface area (Å²) in [4.78, 5) is 4.75. The molecule has 1 aliphatic heterocycles. The van der Waals surface area contributed by atoms with Crippen molar-refractivity contribution in [2.75, 3.05) is 53.0 Å². The van der Waals surface area contributed by atoms with E-state index in [0.717, 1.165) is 39.3 Å². The Bertz CT molecular complexity index is 182. The summed E-state index contributed by atoms with van der Waals surface area (Å²) >= 11 is 0. The first-order valence-corrected chi connectivity index (χ1v) is 5.18. The molecule has 0 atom stereocenters. The van der Waals surface area contributed by atoms with Gasteiger partial charge in [0, 0.05) is 32.7 Å². The standard InChI is InChI=1S/C10H19N3O/c1-12-4-6-13(7-5-12)8-10-14-9-2-3-11/h2,4-10H2,1H3. The number of nitriles is 1. The molecule has 0 radical (unpaired) electrons. The highest BCUT2D eigenvalue weighted by molar-refractivity contribution is 4.69. The highest BCUT2D eigenvalue weighted by Gasteiger charge is 2.12. The highest BCUT2D eigenvalue weighted by atomic mass is 16.5. The van der Waals surface area contributed by atoms with Crippen molar-refractivity contribution in [1.29, 1.82) is 5.26 Å². The Balaban J connectivity index is 1.94. The zero-order chi connectivity index (χ0) is 10.2. The third-order valence-electron chi connectivity index (χ3n) is 2.51. The van der Waals surface area contributed by atoms with Crippen LogP contribution in [0.3, 0.4) is 0 Å². The van der Waals surface area contributed by atoms with Gasteiger partial charge >= 0.3 is 0 Å². The molecule has 0 amide bonds. The minimum Gasteiger partial charge on any atom is -0.379 e. The first kappa shape index (κ1) is 11.4.